The standard InChI is InChI=1S/C24H27N3O2.2C22H25N3O2/c1-15-7-22(16(2)27(15)19-5-3-17(13-25)4-6-19)23(28)14-26-20-8-18-9-21(26)12-24(29,10-18)11-20;2*1-14-10-19(15(2)25(14)17-8-6-16(12-23)7-9-17)22(27)13-24-18-4-3-5-20(24)21(26)11-18/h3-7,18,20-21,29H,8-12,14H2,1-2H3;2*6-10,18,20-21,26H,3-5,11,13H2,1-2H3/t;2*18?,20?,21-/m.10/s1. The molecular formula is C68H77N9O6. The number of piperidine rings is 4. The van der Waals surface area contributed by atoms with E-state index >= 15 is 0 Å². The normalized spacial score (nSPS) is 26.7. The average molecular weight is 1120 g/mol. The van der Waals surface area contributed by atoms with Gasteiger partial charge in [0.05, 0.1) is 72.3 Å². The number of carbonyl (C=O) groups is 3. The molecule has 2 aliphatic carbocycles. The molecule has 3 N–H and O–H groups in total. The maximum absolute atomic E-state index is 13.3. The van der Waals surface area contributed by atoms with E-state index < -0.39 is 5.60 Å². The number of benzene rings is 3. The van der Waals surface area contributed by atoms with Gasteiger partial charge in [0, 0.05) is 104 Å². The van der Waals surface area contributed by atoms with Crippen LogP contribution in [0.2, 0.25) is 0 Å². The average Bonchev–Trinajstić information content (AvgIpc) is 3.72. The molecule has 3 aromatic heterocycles. The fraction of sp³-hybridized carbons (Fsp3) is 0.471. The van der Waals surface area contributed by atoms with Gasteiger partial charge in [-0.1, -0.05) is 12.8 Å². The van der Waals surface area contributed by atoms with Crippen molar-refractivity contribution in [2.24, 2.45) is 5.92 Å². The number of aliphatic hydroxyl groups excluding tert-OH is 2. The summed E-state index contributed by atoms with van der Waals surface area (Å²) < 4.78 is 6.21. The van der Waals surface area contributed by atoms with Crippen molar-refractivity contribution in [3.63, 3.8) is 0 Å². The first-order valence-corrected chi connectivity index (χ1v) is 29.9. The van der Waals surface area contributed by atoms with E-state index in [0.29, 0.717) is 66.4 Å². The van der Waals surface area contributed by atoms with Gasteiger partial charge >= 0.3 is 0 Å². The molecule has 8 atom stereocenters. The number of aryl methyl sites for hydroxylation is 3. The Balaban J connectivity index is 0.000000130. The molecule has 0 radical (unpaired) electrons. The molecule has 83 heavy (non-hydrogen) atoms. The van der Waals surface area contributed by atoms with Crippen LogP contribution in [-0.2, 0) is 0 Å². The third-order valence-corrected chi connectivity index (χ3v) is 19.8. The predicted molar refractivity (Wildman–Crippen MR) is 316 cm³/mol. The minimum absolute atomic E-state index is 0.119. The zero-order chi connectivity index (χ0) is 58.6. The summed E-state index contributed by atoms with van der Waals surface area (Å²) >= 11 is 0. The van der Waals surface area contributed by atoms with Gasteiger partial charge in [0.1, 0.15) is 0 Å². The Bertz CT molecular complexity index is 3400. The Kier molecular flexibility index (Phi) is 16.2. The monoisotopic (exact) mass is 1120 g/mol. The number of nitrogens with zero attached hydrogens (tertiary/aromatic N) is 9. The third kappa shape index (κ3) is 11.2. The van der Waals surface area contributed by atoms with Gasteiger partial charge in [-0.05, 0) is 209 Å². The minimum Gasteiger partial charge on any atom is -0.391 e. The summed E-state index contributed by atoms with van der Waals surface area (Å²) in [4.78, 5) is 46.3. The molecule has 0 amide bonds. The van der Waals surface area contributed by atoms with Crippen LogP contribution in [0, 0.1) is 81.5 Å². The van der Waals surface area contributed by atoms with Crippen LogP contribution in [-0.4, -0.2) is 135 Å². The van der Waals surface area contributed by atoms with E-state index in [2.05, 4.69) is 46.6 Å². The van der Waals surface area contributed by atoms with Crippen molar-refractivity contribution >= 4 is 17.3 Å². The molecule has 6 unspecified atom stereocenters. The molecule has 8 bridgehead atoms. The van der Waals surface area contributed by atoms with E-state index in [4.69, 9.17) is 15.8 Å². The van der Waals surface area contributed by atoms with Crippen LogP contribution in [0.15, 0.2) is 91.0 Å². The number of aromatic nitrogens is 3. The fourth-order valence-electron chi connectivity index (χ4n) is 16.1. The van der Waals surface area contributed by atoms with Gasteiger partial charge < -0.3 is 29.0 Å². The lowest BCUT2D eigenvalue weighted by atomic mass is 9.61. The maximum Gasteiger partial charge on any atom is 0.178 e. The summed E-state index contributed by atoms with van der Waals surface area (Å²) in [5.41, 5.74) is 12.4. The Morgan fingerprint density at radius 1 is 0.470 bits per heavy atom. The van der Waals surface area contributed by atoms with Gasteiger partial charge in [-0.25, -0.2) is 0 Å². The van der Waals surface area contributed by atoms with E-state index in [9.17, 15) is 29.7 Å². The van der Waals surface area contributed by atoms with Crippen LogP contribution in [0.4, 0.5) is 0 Å². The molecule has 9 heterocycles. The Hall–Kier alpha value is -7.26. The number of nitriles is 3. The number of Topliss-reactive ketones (excluding diaryl/α,β-unsaturated/α-hetero) is 3. The zero-order valence-corrected chi connectivity index (χ0v) is 48.8. The highest BCUT2D eigenvalue weighted by molar-refractivity contribution is 6.00. The zero-order valence-electron chi connectivity index (χ0n) is 48.8. The third-order valence-electron chi connectivity index (χ3n) is 19.8. The van der Waals surface area contributed by atoms with E-state index in [1.807, 2.05) is 96.1 Å². The van der Waals surface area contributed by atoms with Gasteiger partial charge in [-0.3, -0.25) is 29.1 Å². The van der Waals surface area contributed by atoms with Crippen LogP contribution in [0.1, 0.15) is 165 Å². The molecule has 430 valence electrons. The predicted octanol–water partition coefficient (Wildman–Crippen LogP) is 9.80. The van der Waals surface area contributed by atoms with Crippen LogP contribution in [0.5, 0.6) is 0 Å². The summed E-state index contributed by atoms with van der Waals surface area (Å²) in [6.07, 6.45) is 12.2. The summed E-state index contributed by atoms with van der Waals surface area (Å²) in [6, 6.07) is 36.2. The van der Waals surface area contributed by atoms with Crippen LogP contribution in [0.25, 0.3) is 17.1 Å². The number of aliphatic hydroxyl groups is 3. The summed E-state index contributed by atoms with van der Waals surface area (Å²) in [7, 11) is 0. The highest BCUT2D eigenvalue weighted by Crippen LogP contribution is 2.51. The van der Waals surface area contributed by atoms with Crippen molar-refractivity contribution in [2.75, 3.05) is 19.6 Å². The van der Waals surface area contributed by atoms with Crippen molar-refractivity contribution < 1.29 is 29.7 Å². The van der Waals surface area contributed by atoms with Gasteiger partial charge in [-0.2, -0.15) is 15.8 Å². The topological polar surface area (TPSA) is 208 Å². The highest BCUT2D eigenvalue weighted by Gasteiger charge is 2.54. The molecule has 0 spiro atoms. The molecule has 6 aliphatic heterocycles. The van der Waals surface area contributed by atoms with Gasteiger partial charge in [-0.15, -0.1) is 0 Å². The van der Waals surface area contributed by atoms with Crippen molar-refractivity contribution in [3.05, 3.63) is 159 Å². The highest BCUT2D eigenvalue weighted by atomic mass is 16.3. The smallest absolute Gasteiger partial charge is 0.178 e. The van der Waals surface area contributed by atoms with Crippen molar-refractivity contribution in [1.29, 1.82) is 15.8 Å². The van der Waals surface area contributed by atoms with Crippen molar-refractivity contribution in [2.45, 2.75) is 179 Å². The molecular weight excluding hydrogens is 1040 g/mol. The van der Waals surface area contributed by atoms with Crippen molar-refractivity contribution in [3.8, 4) is 35.3 Å². The molecule has 8 fully saturated rings. The summed E-state index contributed by atoms with van der Waals surface area (Å²) in [6.45, 7) is 13.1. The number of ketones is 3. The summed E-state index contributed by atoms with van der Waals surface area (Å²) in [5, 5.41) is 58.3. The lowest BCUT2D eigenvalue weighted by Crippen LogP contribution is -2.65. The van der Waals surface area contributed by atoms with Gasteiger partial charge in [0.15, 0.2) is 17.3 Å². The Labute approximate surface area is 487 Å². The van der Waals surface area contributed by atoms with Gasteiger partial charge in [0.25, 0.3) is 0 Å². The molecule has 3 aromatic carbocycles. The number of fused-ring (bicyclic) bond motifs is 4. The lowest BCUT2D eigenvalue weighted by Gasteiger charge is -2.59. The molecule has 15 nitrogen and oxygen atoms in total. The second-order valence-corrected chi connectivity index (χ2v) is 25.0. The molecule has 15 heteroatoms. The SMILES string of the molecule is Cc1cc(C(=O)CN2C3CC4CC2CC(O)(C4)C3)c(C)n1-c1ccc(C#N)cc1.Cc1cc(C(=O)CN2C3CCCC2[C@@H](O)C3)c(C)n1-c1ccc(C#N)cc1.Cc1cc(C(=O)CN2C3CCCC2[C@H](O)C3)c(C)n1-c1ccc(C#N)cc1. The molecule has 6 saturated heterocycles. The van der Waals surface area contributed by atoms with Crippen molar-refractivity contribution in [1.82, 2.24) is 28.4 Å². The molecule has 2 saturated carbocycles. The number of rotatable bonds is 12. The quantitative estimate of drug-likeness (QED) is 0.0979. The van der Waals surface area contributed by atoms with E-state index in [0.717, 1.165) is 151 Å². The molecule has 8 aliphatic rings. The first kappa shape index (κ1) is 57.6. The summed E-state index contributed by atoms with van der Waals surface area (Å²) in [5.74, 6) is 1.03. The minimum atomic E-state index is -0.485. The fourth-order valence-corrected chi connectivity index (χ4v) is 16.1. The van der Waals surface area contributed by atoms with Crippen LogP contribution in [0.3, 0.4) is 0 Å². The first-order valence-electron chi connectivity index (χ1n) is 29.9. The van der Waals surface area contributed by atoms with Crippen LogP contribution < -0.4 is 0 Å². The largest absolute Gasteiger partial charge is 0.391 e. The second kappa shape index (κ2) is 23.4. The second-order valence-electron chi connectivity index (χ2n) is 25.0. The number of carbonyl (C=O) groups excluding carboxylic acids is 3. The van der Waals surface area contributed by atoms with Gasteiger partial charge in [0.2, 0.25) is 0 Å². The van der Waals surface area contributed by atoms with Crippen LogP contribution >= 0.6 is 0 Å². The van der Waals surface area contributed by atoms with E-state index in [1.165, 1.54) is 0 Å². The first-order chi connectivity index (χ1) is 39.8. The molecule has 6 aromatic rings. The lowest BCUT2D eigenvalue weighted by molar-refractivity contribution is -0.154. The molecule has 14 rings (SSSR count). The van der Waals surface area contributed by atoms with E-state index in [-0.39, 0.29) is 41.6 Å². The number of hydrogen-bond donors (Lipinski definition) is 3. The van der Waals surface area contributed by atoms with E-state index in [1.54, 1.807) is 36.4 Å². The Morgan fingerprint density at radius 2 is 0.795 bits per heavy atom. The Morgan fingerprint density at radius 3 is 1.10 bits per heavy atom. The number of hydrogen-bond acceptors (Lipinski definition) is 12. The maximum atomic E-state index is 13.3.